The van der Waals surface area contributed by atoms with Gasteiger partial charge in [0.25, 0.3) is 0 Å². The first-order valence-corrected chi connectivity index (χ1v) is 24.2. The highest BCUT2D eigenvalue weighted by molar-refractivity contribution is 5.37. The Morgan fingerprint density at radius 2 is 1.11 bits per heavy atom. The van der Waals surface area contributed by atoms with Gasteiger partial charge in [0.15, 0.2) is 0 Å². The molecular weight excluding hydrogens is 693 g/mol. The third-order valence-electron chi connectivity index (χ3n) is 17.0. The summed E-state index contributed by atoms with van der Waals surface area (Å²) in [5.41, 5.74) is 9.32. The molecule has 320 valence electrons. The summed E-state index contributed by atoms with van der Waals surface area (Å²) < 4.78 is 0. The molecule has 6 aliphatic rings. The molecule has 2 nitrogen and oxygen atoms in total. The number of hydrogen-bond donors (Lipinski definition) is 2. The summed E-state index contributed by atoms with van der Waals surface area (Å²) in [4.78, 5) is 0. The summed E-state index contributed by atoms with van der Waals surface area (Å²) in [6.07, 6.45) is 37.0. The molecule has 0 amide bonds. The average molecular weight is 781 g/mol. The van der Waals surface area contributed by atoms with Crippen molar-refractivity contribution in [1.29, 1.82) is 0 Å². The van der Waals surface area contributed by atoms with Gasteiger partial charge >= 0.3 is 0 Å². The van der Waals surface area contributed by atoms with Crippen LogP contribution < -0.4 is 0 Å². The Morgan fingerprint density at radius 1 is 0.614 bits per heavy atom. The van der Waals surface area contributed by atoms with Crippen molar-refractivity contribution < 1.29 is 10.2 Å². The lowest BCUT2D eigenvalue weighted by atomic mass is 9.60. The molecule has 0 aliphatic heterocycles. The van der Waals surface area contributed by atoms with Gasteiger partial charge in [0, 0.05) is 0 Å². The zero-order valence-electron chi connectivity index (χ0n) is 38.6. The molecule has 0 spiro atoms. The van der Waals surface area contributed by atoms with Crippen LogP contribution in [0.15, 0.2) is 83.1 Å². The number of rotatable bonds is 11. The van der Waals surface area contributed by atoms with Crippen LogP contribution in [-0.4, -0.2) is 22.4 Å². The Kier molecular flexibility index (Phi) is 16.7. The predicted molar refractivity (Wildman–Crippen MR) is 247 cm³/mol. The zero-order valence-corrected chi connectivity index (χ0v) is 38.6. The van der Waals surface area contributed by atoms with Gasteiger partial charge in [0.05, 0.1) is 12.2 Å². The molecule has 57 heavy (non-hydrogen) atoms. The molecule has 2 heteroatoms. The van der Waals surface area contributed by atoms with E-state index in [2.05, 4.69) is 112 Å². The molecule has 6 rings (SSSR count). The van der Waals surface area contributed by atoms with Gasteiger partial charge in [-0.2, -0.15) is 0 Å². The van der Waals surface area contributed by atoms with Crippen molar-refractivity contribution in [3.63, 3.8) is 0 Å². The molecule has 6 fully saturated rings. The van der Waals surface area contributed by atoms with Crippen LogP contribution in [0, 0.1) is 64.1 Å². The molecule has 2 unspecified atom stereocenters. The molecule has 6 saturated carbocycles. The predicted octanol–water partition coefficient (Wildman–Crippen LogP) is 15.3. The lowest BCUT2D eigenvalue weighted by molar-refractivity contribution is 0.0928. The highest BCUT2D eigenvalue weighted by Crippen LogP contribution is 2.61. The van der Waals surface area contributed by atoms with E-state index in [0.717, 1.165) is 80.0 Å². The van der Waals surface area contributed by atoms with E-state index in [4.69, 9.17) is 0 Å². The average Bonchev–Trinajstić information content (AvgIpc) is 3.71. The number of aliphatic hydroxyl groups excluding tert-OH is 2. The topological polar surface area (TPSA) is 40.5 Å². The quantitative estimate of drug-likeness (QED) is 0.205. The molecule has 2 N–H and O–H groups in total. The summed E-state index contributed by atoms with van der Waals surface area (Å²) in [6.45, 7) is 30.3. The lowest BCUT2D eigenvalue weighted by Crippen LogP contribution is -2.36. The van der Waals surface area contributed by atoms with E-state index in [1.54, 1.807) is 11.1 Å². The maximum absolute atomic E-state index is 10.0. The van der Waals surface area contributed by atoms with Crippen molar-refractivity contribution in [1.82, 2.24) is 0 Å². The van der Waals surface area contributed by atoms with E-state index in [1.807, 2.05) is 0 Å². The van der Waals surface area contributed by atoms with Crippen LogP contribution in [0.25, 0.3) is 0 Å². The van der Waals surface area contributed by atoms with E-state index < -0.39 is 0 Å². The Labute approximate surface area is 352 Å². The van der Waals surface area contributed by atoms with Crippen LogP contribution >= 0.6 is 0 Å². The summed E-state index contributed by atoms with van der Waals surface area (Å²) in [5.74, 6) is 6.95. The van der Waals surface area contributed by atoms with Crippen molar-refractivity contribution in [3.8, 4) is 0 Å². The van der Waals surface area contributed by atoms with Crippen LogP contribution in [0.5, 0.6) is 0 Å². The van der Waals surface area contributed by atoms with E-state index in [0.29, 0.717) is 22.7 Å². The third kappa shape index (κ3) is 11.5. The van der Waals surface area contributed by atoms with Gasteiger partial charge in [0.1, 0.15) is 0 Å². The summed E-state index contributed by atoms with van der Waals surface area (Å²) in [6, 6.07) is 0. The molecule has 0 aromatic carbocycles. The second-order valence-electron chi connectivity index (χ2n) is 21.7. The highest BCUT2D eigenvalue weighted by Gasteiger charge is 2.51. The Hall–Kier alpha value is -1.90. The fourth-order valence-corrected chi connectivity index (χ4v) is 12.9. The minimum Gasteiger partial charge on any atom is -0.393 e. The van der Waals surface area contributed by atoms with Gasteiger partial charge in [-0.1, -0.05) is 153 Å². The van der Waals surface area contributed by atoms with Gasteiger partial charge in [0.2, 0.25) is 0 Å². The zero-order chi connectivity index (χ0) is 41.5. The van der Waals surface area contributed by atoms with E-state index >= 15 is 0 Å². The first-order valence-electron chi connectivity index (χ1n) is 24.2. The first kappa shape index (κ1) is 46.2. The molecular formula is C55H88O2. The van der Waals surface area contributed by atoms with Crippen LogP contribution in [-0.2, 0) is 0 Å². The molecule has 0 aromatic rings. The molecule has 0 saturated heterocycles. The standard InChI is InChI=1S/C28H44O.C27H44O/c1-19(2)20(3)9-10-22(5)26-15-16-27-23(8-7-17-28(26,27)6)12-13-24-18-25(29)14-11-21(24)4;1-19(2)8-6-9-21(4)25-15-16-26-22(10-7-17-27(25,26)5)12-13-23-18-24(28)14-11-20(23)3/h9-10,12-13,19-20,22,25-27,29H,4,7-8,11,14-18H2,1-3,5-6H3;12-13,19,21,24-26,28H,3,6-11,14-18H2,1-2,4-5H3/b10-9+,23-12+,24-13-;22-12+,23-13-/t20-,22+,25-,26+,27?,28+;21-,24+,25-,26?,27-/m01/s1. The van der Waals surface area contributed by atoms with Crippen molar-refractivity contribution in [3.05, 3.63) is 83.1 Å². The van der Waals surface area contributed by atoms with Gasteiger partial charge in [-0.3, -0.25) is 0 Å². The number of allylic oxidation sites excluding steroid dienone is 10. The van der Waals surface area contributed by atoms with E-state index in [9.17, 15) is 10.2 Å². The number of fused-ring (bicyclic) bond motifs is 2. The van der Waals surface area contributed by atoms with Crippen molar-refractivity contribution >= 4 is 0 Å². The fourth-order valence-electron chi connectivity index (χ4n) is 12.9. The van der Waals surface area contributed by atoms with Crippen molar-refractivity contribution in [2.75, 3.05) is 0 Å². The smallest absolute Gasteiger partial charge is 0.0583 e. The number of aliphatic hydroxyl groups is 2. The first-order chi connectivity index (χ1) is 27.0. The molecule has 6 aliphatic carbocycles. The minimum atomic E-state index is -0.182. The van der Waals surface area contributed by atoms with Gasteiger partial charge in [-0.05, 0) is 178 Å². The summed E-state index contributed by atoms with van der Waals surface area (Å²) in [5, 5.41) is 20.1. The maximum Gasteiger partial charge on any atom is 0.0583 e. The second-order valence-corrected chi connectivity index (χ2v) is 21.7. The normalized spacial score (nSPS) is 37.9. The van der Waals surface area contributed by atoms with Gasteiger partial charge in [-0.15, -0.1) is 0 Å². The Balaban J connectivity index is 0.000000218. The molecule has 0 heterocycles. The SMILES string of the molecule is C=C1CC[C@H](O)C/C1=C/C=C1\CCC[C@@]2(C)C1CC[C@@H]2[C@H](C)/C=C/[C@H](C)C(C)C.C=C1CC[C@H](O)C/C1=C/C=C1\CCC[C@@]2(C)C1CC[C@@H]2[C@H](C)CCCC(C)C. The summed E-state index contributed by atoms with van der Waals surface area (Å²) in [7, 11) is 0. The Bertz CT molecular complexity index is 1510. The highest BCUT2D eigenvalue weighted by atomic mass is 16.3. The van der Waals surface area contributed by atoms with Gasteiger partial charge in [-0.25, -0.2) is 0 Å². The van der Waals surface area contributed by atoms with E-state index in [1.165, 1.54) is 106 Å². The number of hydrogen-bond acceptors (Lipinski definition) is 2. The Morgan fingerprint density at radius 3 is 1.60 bits per heavy atom. The van der Waals surface area contributed by atoms with E-state index in [-0.39, 0.29) is 12.2 Å². The van der Waals surface area contributed by atoms with Gasteiger partial charge < -0.3 is 10.2 Å². The molecule has 0 radical (unpaired) electrons. The molecule has 0 bridgehead atoms. The lowest BCUT2D eigenvalue weighted by Gasteiger charge is -2.44. The minimum absolute atomic E-state index is 0.172. The van der Waals surface area contributed by atoms with Crippen molar-refractivity contribution in [2.24, 2.45) is 64.1 Å². The largest absolute Gasteiger partial charge is 0.393 e. The second kappa shape index (κ2) is 20.6. The third-order valence-corrected chi connectivity index (χ3v) is 17.0. The van der Waals surface area contributed by atoms with Crippen LogP contribution in [0.2, 0.25) is 0 Å². The van der Waals surface area contributed by atoms with Crippen LogP contribution in [0.4, 0.5) is 0 Å². The van der Waals surface area contributed by atoms with Crippen molar-refractivity contribution in [2.45, 2.75) is 197 Å². The van der Waals surface area contributed by atoms with Crippen LogP contribution in [0.3, 0.4) is 0 Å². The maximum atomic E-state index is 10.0. The molecule has 0 aromatic heterocycles. The molecule has 11 atom stereocenters. The summed E-state index contributed by atoms with van der Waals surface area (Å²) >= 11 is 0. The van der Waals surface area contributed by atoms with Crippen LogP contribution in [0.1, 0.15) is 184 Å². The monoisotopic (exact) mass is 781 g/mol. The fraction of sp³-hybridized carbons (Fsp3) is 0.745.